The topological polar surface area (TPSA) is 0 Å². The summed E-state index contributed by atoms with van der Waals surface area (Å²) in [6, 6.07) is 0. The van der Waals surface area contributed by atoms with Gasteiger partial charge in [-0.2, -0.15) is 0 Å². The molecule has 120 valence electrons. The SMILES string of the molecule is CCCCCCCCC=CCCCCCCCC(C)C. The zero-order valence-electron chi connectivity index (χ0n) is 14.6. The van der Waals surface area contributed by atoms with E-state index in [1.54, 1.807) is 0 Å². The van der Waals surface area contributed by atoms with E-state index in [2.05, 4.69) is 32.9 Å². The third-order valence-electron chi connectivity index (χ3n) is 4.04. The predicted molar refractivity (Wildman–Crippen MR) is 94.3 cm³/mol. The Labute approximate surface area is 129 Å². The van der Waals surface area contributed by atoms with E-state index in [1.165, 1.54) is 89.9 Å². The molecule has 0 aromatic rings. The van der Waals surface area contributed by atoms with Gasteiger partial charge in [0.2, 0.25) is 0 Å². The van der Waals surface area contributed by atoms with Crippen molar-refractivity contribution in [2.24, 2.45) is 5.92 Å². The van der Waals surface area contributed by atoms with Crippen LogP contribution in [0, 0.1) is 5.92 Å². The van der Waals surface area contributed by atoms with Crippen LogP contribution in [0.4, 0.5) is 0 Å². The van der Waals surface area contributed by atoms with Crippen molar-refractivity contribution in [3.63, 3.8) is 0 Å². The molecule has 0 aromatic heterocycles. The summed E-state index contributed by atoms with van der Waals surface area (Å²) >= 11 is 0. The minimum atomic E-state index is 0.889. The van der Waals surface area contributed by atoms with Crippen molar-refractivity contribution in [1.82, 2.24) is 0 Å². The predicted octanol–water partition coefficient (Wildman–Crippen LogP) is 7.68. The highest BCUT2D eigenvalue weighted by Gasteiger charge is 1.94. The van der Waals surface area contributed by atoms with Crippen LogP contribution in [-0.2, 0) is 0 Å². The van der Waals surface area contributed by atoms with Crippen molar-refractivity contribution in [1.29, 1.82) is 0 Å². The molecule has 0 aliphatic rings. The number of allylic oxidation sites excluding steroid dienone is 2. The largest absolute Gasteiger partial charge is 0.0885 e. The highest BCUT2D eigenvalue weighted by molar-refractivity contribution is 4.81. The third kappa shape index (κ3) is 17.7. The number of hydrogen-bond acceptors (Lipinski definition) is 0. The molecule has 0 N–H and O–H groups in total. The summed E-state index contributed by atoms with van der Waals surface area (Å²) in [5.74, 6) is 0.889. The van der Waals surface area contributed by atoms with Crippen molar-refractivity contribution in [2.75, 3.05) is 0 Å². The van der Waals surface area contributed by atoms with Gasteiger partial charge in [0.1, 0.15) is 0 Å². The number of hydrogen-bond donors (Lipinski definition) is 0. The van der Waals surface area contributed by atoms with Crippen LogP contribution < -0.4 is 0 Å². The van der Waals surface area contributed by atoms with Crippen LogP contribution in [-0.4, -0.2) is 0 Å². The maximum absolute atomic E-state index is 2.42. The van der Waals surface area contributed by atoms with Gasteiger partial charge in [-0.05, 0) is 31.6 Å². The fourth-order valence-electron chi connectivity index (χ4n) is 2.62. The molecule has 0 bridgehead atoms. The molecule has 0 spiro atoms. The molecule has 0 radical (unpaired) electrons. The highest BCUT2D eigenvalue weighted by Crippen LogP contribution is 2.12. The lowest BCUT2D eigenvalue weighted by Gasteiger charge is -2.03. The molecular formula is C20H40. The van der Waals surface area contributed by atoms with E-state index in [0.717, 1.165) is 5.92 Å². The van der Waals surface area contributed by atoms with E-state index in [0.29, 0.717) is 0 Å². The molecule has 0 saturated carbocycles. The van der Waals surface area contributed by atoms with Crippen LogP contribution in [0.2, 0.25) is 0 Å². The minimum Gasteiger partial charge on any atom is -0.0885 e. The first-order valence-electron chi connectivity index (χ1n) is 9.42. The van der Waals surface area contributed by atoms with Gasteiger partial charge in [-0.1, -0.05) is 97.1 Å². The maximum Gasteiger partial charge on any atom is -0.0351 e. The van der Waals surface area contributed by atoms with Gasteiger partial charge in [0, 0.05) is 0 Å². The zero-order valence-corrected chi connectivity index (χ0v) is 14.6. The molecule has 0 atom stereocenters. The summed E-state index contributed by atoms with van der Waals surface area (Å²) in [5.41, 5.74) is 0. The zero-order chi connectivity index (χ0) is 14.9. The second-order valence-electron chi connectivity index (χ2n) is 6.77. The molecule has 0 nitrogen and oxygen atoms in total. The average molecular weight is 281 g/mol. The minimum absolute atomic E-state index is 0.889. The van der Waals surface area contributed by atoms with Crippen LogP contribution in [0.15, 0.2) is 12.2 Å². The van der Waals surface area contributed by atoms with Crippen LogP contribution in [0.25, 0.3) is 0 Å². The van der Waals surface area contributed by atoms with Crippen molar-refractivity contribution in [2.45, 2.75) is 111 Å². The summed E-state index contributed by atoms with van der Waals surface area (Å²) < 4.78 is 0. The Morgan fingerprint density at radius 1 is 0.600 bits per heavy atom. The first-order valence-corrected chi connectivity index (χ1v) is 9.42. The Kier molecular flexibility index (Phi) is 16.6. The van der Waals surface area contributed by atoms with E-state index >= 15 is 0 Å². The van der Waals surface area contributed by atoms with Gasteiger partial charge in [-0.3, -0.25) is 0 Å². The van der Waals surface area contributed by atoms with Crippen LogP contribution in [0.3, 0.4) is 0 Å². The molecule has 0 rings (SSSR count). The lowest BCUT2D eigenvalue weighted by molar-refractivity contribution is 0.516. The summed E-state index contributed by atoms with van der Waals surface area (Å²) in [4.78, 5) is 0. The molecule has 0 fully saturated rings. The normalized spacial score (nSPS) is 11.8. The van der Waals surface area contributed by atoms with Crippen molar-refractivity contribution >= 4 is 0 Å². The van der Waals surface area contributed by atoms with E-state index in [9.17, 15) is 0 Å². The van der Waals surface area contributed by atoms with E-state index in [4.69, 9.17) is 0 Å². The highest BCUT2D eigenvalue weighted by atomic mass is 14.0. The molecule has 0 heterocycles. The second kappa shape index (κ2) is 16.8. The molecule has 0 amide bonds. The van der Waals surface area contributed by atoms with Crippen molar-refractivity contribution in [3.8, 4) is 0 Å². The lowest BCUT2D eigenvalue weighted by atomic mass is 10.0. The summed E-state index contributed by atoms with van der Waals surface area (Å²) in [7, 11) is 0. The summed E-state index contributed by atoms with van der Waals surface area (Å²) in [6.07, 6.45) is 24.5. The first-order chi connectivity index (χ1) is 9.77. The van der Waals surface area contributed by atoms with Crippen molar-refractivity contribution in [3.05, 3.63) is 12.2 Å². The quantitative estimate of drug-likeness (QED) is 0.213. The third-order valence-corrected chi connectivity index (χ3v) is 4.04. The Balaban J connectivity index is 3.05. The fourth-order valence-corrected chi connectivity index (χ4v) is 2.62. The number of rotatable bonds is 15. The lowest BCUT2D eigenvalue weighted by Crippen LogP contribution is -1.87. The maximum atomic E-state index is 2.42. The van der Waals surface area contributed by atoms with Crippen LogP contribution >= 0.6 is 0 Å². The first kappa shape index (κ1) is 19.7. The Hall–Kier alpha value is -0.260. The molecule has 20 heavy (non-hydrogen) atoms. The summed E-state index contributed by atoms with van der Waals surface area (Å²) in [5, 5.41) is 0. The van der Waals surface area contributed by atoms with E-state index < -0.39 is 0 Å². The van der Waals surface area contributed by atoms with Gasteiger partial charge in [-0.25, -0.2) is 0 Å². The van der Waals surface area contributed by atoms with Crippen molar-refractivity contribution < 1.29 is 0 Å². The molecule has 0 saturated heterocycles. The fraction of sp³-hybridized carbons (Fsp3) is 0.900. The smallest absolute Gasteiger partial charge is 0.0351 e. The van der Waals surface area contributed by atoms with E-state index in [-0.39, 0.29) is 0 Å². The van der Waals surface area contributed by atoms with Gasteiger partial charge in [-0.15, -0.1) is 0 Å². The second-order valence-corrected chi connectivity index (χ2v) is 6.77. The van der Waals surface area contributed by atoms with Crippen LogP contribution in [0.1, 0.15) is 111 Å². The Morgan fingerprint density at radius 2 is 1.05 bits per heavy atom. The van der Waals surface area contributed by atoms with Gasteiger partial charge >= 0.3 is 0 Å². The molecule has 0 heteroatoms. The van der Waals surface area contributed by atoms with Gasteiger partial charge in [0.25, 0.3) is 0 Å². The van der Waals surface area contributed by atoms with Gasteiger partial charge in [0.15, 0.2) is 0 Å². The van der Waals surface area contributed by atoms with E-state index in [1.807, 2.05) is 0 Å². The molecule has 0 aliphatic heterocycles. The average Bonchev–Trinajstić information content (AvgIpc) is 2.43. The molecule has 0 aromatic carbocycles. The molecule has 0 unspecified atom stereocenters. The summed E-state index contributed by atoms with van der Waals surface area (Å²) in [6.45, 7) is 6.94. The molecular weight excluding hydrogens is 240 g/mol. The molecule has 0 aliphatic carbocycles. The Bertz CT molecular complexity index is 190. The van der Waals surface area contributed by atoms with Gasteiger partial charge < -0.3 is 0 Å². The monoisotopic (exact) mass is 280 g/mol. The Morgan fingerprint density at radius 3 is 1.55 bits per heavy atom. The van der Waals surface area contributed by atoms with Crippen LogP contribution in [0.5, 0.6) is 0 Å². The number of unbranched alkanes of at least 4 members (excludes halogenated alkanes) is 11. The standard InChI is InChI=1S/C20H40/c1-4-5-6-7-8-9-10-11-12-13-14-15-16-17-18-19-20(2)3/h11-12,20H,4-10,13-19H2,1-3H3. The van der Waals surface area contributed by atoms with Gasteiger partial charge in [0.05, 0.1) is 0 Å².